The van der Waals surface area contributed by atoms with Crippen LogP contribution in [0.5, 0.6) is 0 Å². The second-order valence-corrected chi connectivity index (χ2v) is 4.85. The van der Waals surface area contributed by atoms with Crippen LogP contribution < -0.4 is 5.73 Å². The average Bonchev–Trinajstić information content (AvgIpc) is 2.21. The van der Waals surface area contributed by atoms with Crippen molar-refractivity contribution in [2.24, 2.45) is 0 Å². The lowest BCUT2D eigenvalue weighted by molar-refractivity contribution is 1.33. The Morgan fingerprint density at radius 1 is 1.33 bits per heavy atom. The van der Waals surface area contributed by atoms with Gasteiger partial charge in [-0.25, -0.2) is 0 Å². The summed E-state index contributed by atoms with van der Waals surface area (Å²) in [5, 5.41) is 1.93. The van der Waals surface area contributed by atoms with Gasteiger partial charge in [-0.3, -0.25) is 4.98 Å². The Morgan fingerprint density at radius 3 is 2.67 bits per heavy atom. The zero-order valence-corrected chi connectivity index (χ0v) is 10.9. The maximum Gasteiger partial charge on any atom is 0.0962 e. The predicted octanol–water partition coefficient (Wildman–Crippen LogP) is 4.19. The van der Waals surface area contributed by atoms with Crippen LogP contribution in [0.1, 0.15) is 5.56 Å². The maximum absolute atomic E-state index is 6.16. The lowest BCUT2D eigenvalue weighted by Gasteiger charge is -2.08. The number of benzene rings is 1. The van der Waals surface area contributed by atoms with Crippen molar-refractivity contribution in [2.45, 2.75) is 6.92 Å². The molecule has 1 heterocycles. The number of halogens is 3. The third-order valence-electron chi connectivity index (χ3n) is 2.20. The van der Waals surface area contributed by atoms with E-state index in [-0.39, 0.29) is 0 Å². The molecule has 0 unspecified atom stereocenters. The van der Waals surface area contributed by atoms with Crippen molar-refractivity contribution < 1.29 is 0 Å². The molecule has 2 nitrogen and oxygen atoms in total. The van der Waals surface area contributed by atoms with E-state index in [0.717, 1.165) is 15.4 Å². The number of anilines is 1. The normalized spacial score (nSPS) is 10.9. The van der Waals surface area contributed by atoms with Gasteiger partial charge in [0.25, 0.3) is 0 Å². The molecular formula is C10H7BrCl2N2. The van der Waals surface area contributed by atoms with Crippen molar-refractivity contribution in [2.75, 3.05) is 5.73 Å². The van der Waals surface area contributed by atoms with Crippen LogP contribution >= 0.6 is 39.1 Å². The molecule has 0 fully saturated rings. The van der Waals surface area contributed by atoms with Crippen LogP contribution in [-0.2, 0) is 0 Å². The van der Waals surface area contributed by atoms with Crippen LogP contribution in [-0.4, -0.2) is 4.98 Å². The molecule has 0 saturated heterocycles. The fourth-order valence-corrected chi connectivity index (χ4v) is 2.15. The summed E-state index contributed by atoms with van der Waals surface area (Å²) in [5.41, 5.74) is 7.85. The standard InChI is InChI=1S/C10H7BrCl2N2/c1-4-3-15-10-5(7(4)12)2-6(11)8(13)9(10)14/h2-3H,14H2,1H3. The first-order chi connectivity index (χ1) is 7.02. The molecule has 0 radical (unpaired) electrons. The molecule has 78 valence electrons. The van der Waals surface area contributed by atoms with Gasteiger partial charge in [0, 0.05) is 16.1 Å². The highest BCUT2D eigenvalue weighted by atomic mass is 79.9. The van der Waals surface area contributed by atoms with Crippen molar-refractivity contribution in [1.82, 2.24) is 4.98 Å². The van der Waals surface area contributed by atoms with E-state index in [1.807, 2.05) is 13.0 Å². The number of nitrogens with zero attached hydrogens (tertiary/aromatic N) is 1. The van der Waals surface area contributed by atoms with Crippen LogP contribution in [0.2, 0.25) is 10.0 Å². The summed E-state index contributed by atoms with van der Waals surface area (Å²) in [6.07, 6.45) is 1.69. The monoisotopic (exact) mass is 304 g/mol. The smallest absolute Gasteiger partial charge is 0.0962 e. The van der Waals surface area contributed by atoms with Gasteiger partial charge >= 0.3 is 0 Å². The number of aryl methyl sites for hydroxylation is 1. The molecule has 0 amide bonds. The topological polar surface area (TPSA) is 38.9 Å². The Labute approximate surface area is 106 Å². The van der Waals surface area contributed by atoms with Gasteiger partial charge in [-0.1, -0.05) is 23.2 Å². The number of hydrogen-bond acceptors (Lipinski definition) is 2. The van der Waals surface area contributed by atoms with E-state index in [2.05, 4.69) is 20.9 Å². The van der Waals surface area contributed by atoms with Gasteiger partial charge in [-0.05, 0) is 34.5 Å². The second-order valence-electron chi connectivity index (χ2n) is 3.24. The Balaban J connectivity index is 2.98. The molecule has 1 aromatic heterocycles. The van der Waals surface area contributed by atoms with Crippen LogP contribution in [0.3, 0.4) is 0 Å². The van der Waals surface area contributed by atoms with E-state index < -0.39 is 0 Å². The molecule has 2 aromatic rings. The number of rotatable bonds is 0. The fraction of sp³-hybridized carbons (Fsp3) is 0.100. The molecule has 0 aliphatic rings. The SMILES string of the molecule is Cc1cnc2c(N)c(Cl)c(Br)cc2c1Cl. The number of nitrogen functional groups attached to an aromatic ring is 1. The van der Waals surface area contributed by atoms with Gasteiger partial charge in [0.15, 0.2) is 0 Å². The third-order valence-corrected chi connectivity index (χ3v) is 3.96. The summed E-state index contributed by atoms with van der Waals surface area (Å²) in [6, 6.07) is 1.83. The van der Waals surface area contributed by atoms with E-state index in [0.29, 0.717) is 21.2 Å². The van der Waals surface area contributed by atoms with E-state index in [1.54, 1.807) is 6.20 Å². The van der Waals surface area contributed by atoms with Gasteiger partial charge in [-0.2, -0.15) is 0 Å². The highest BCUT2D eigenvalue weighted by Crippen LogP contribution is 2.37. The van der Waals surface area contributed by atoms with E-state index in [4.69, 9.17) is 28.9 Å². The van der Waals surface area contributed by atoms with Crippen molar-refractivity contribution >= 4 is 55.7 Å². The summed E-state index contributed by atoms with van der Waals surface area (Å²) in [4.78, 5) is 4.23. The summed E-state index contributed by atoms with van der Waals surface area (Å²) in [6.45, 7) is 1.90. The van der Waals surface area contributed by atoms with Crippen molar-refractivity contribution in [3.8, 4) is 0 Å². The summed E-state index contributed by atoms with van der Waals surface area (Å²) < 4.78 is 0.725. The molecule has 5 heteroatoms. The minimum atomic E-state index is 0.447. The zero-order valence-electron chi connectivity index (χ0n) is 7.81. The molecule has 0 spiro atoms. The van der Waals surface area contributed by atoms with Crippen molar-refractivity contribution in [3.05, 3.63) is 32.3 Å². The lowest BCUT2D eigenvalue weighted by atomic mass is 10.1. The molecule has 1 aromatic carbocycles. The molecule has 0 aliphatic carbocycles. The van der Waals surface area contributed by atoms with Crippen molar-refractivity contribution in [3.63, 3.8) is 0 Å². The predicted molar refractivity (Wildman–Crippen MR) is 68.6 cm³/mol. The Bertz CT molecular complexity index is 555. The van der Waals surface area contributed by atoms with Gasteiger partial charge < -0.3 is 5.73 Å². The largest absolute Gasteiger partial charge is 0.396 e. The number of fused-ring (bicyclic) bond motifs is 1. The molecule has 0 saturated carbocycles. The van der Waals surface area contributed by atoms with Crippen LogP contribution in [0.15, 0.2) is 16.7 Å². The van der Waals surface area contributed by atoms with Crippen molar-refractivity contribution in [1.29, 1.82) is 0 Å². The molecule has 15 heavy (non-hydrogen) atoms. The molecule has 0 bridgehead atoms. The first kappa shape index (κ1) is 11.0. The highest BCUT2D eigenvalue weighted by Gasteiger charge is 2.12. The highest BCUT2D eigenvalue weighted by molar-refractivity contribution is 9.10. The molecular weight excluding hydrogens is 299 g/mol. The average molecular weight is 306 g/mol. The molecule has 2 N–H and O–H groups in total. The number of aromatic nitrogens is 1. The molecule has 2 rings (SSSR count). The van der Waals surface area contributed by atoms with E-state index in [9.17, 15) is 0 Å². The number of hydrogen-bond donors (Lipinski definition) is 1. The second kappa shape index (κ2) is 3.81. The van der Waals surface area contributed by atoms with Gasteiger partial charge in [0.05, 0.1) is 21.2 Å². The molecule has 0 aliphatic heterocycles. The minimum absolute atomic E-state index is 0.447. The van der Waals surface area contributed by atoms with Crippen LogP contribution in [0, 0.1) is 6.92 Å². The first-order valence-corrected chi connectivity index (χ1v) is 5.75. The summed E-state index contributed by atoms with van der Waals surface area (Å²) in [5.74, 6) is 0. The van der Waals surface area contributed by atoms with Crippen LogP contribution in [0.25, 0.3) is 10.9 Å². The summed E-state index contributed by atoms with van der Waals surface area (Å²) >= 11 is 15.5. The number of nitrogens with two attached hydrogens (primary N) is 1. The Hall–Kier alpha value is -0.510. The lowest BCUT2D eigenvalue weighted by Crippen LogP contribution is -1.93. The van der Waals surface area contributed by atoms with E-state index in [1.165, 1.54) is 0 Å². The van der Waals surface area contributed by atoms with E-state index >= 15 is 0 Å². The molecule has 0 atom stereocenters. The van der Waals surface area contributed by atoms with Gasteiger partial charge in [0.2, 0.25) is 0 Å². The van der Waals surface area contributed by atoms with Gasteiger partial charge in [0.1, 0.15) is 0 Å². The quantitative estimate of drug-likeness (QED) is 0.741. The summed E-state index contributed by atoms with van der Waals surface area (Å²) in [7, 11) is 0. The first-order valence-electron chi connectivity index (χ1n) is 4.20. The van der Waals surface area contributed by atoms with Gasteiger partial charge in [-0.15, -0.1) is 0 Å². The fourth-order valence-electron chi connectivity index (χ4n) is 1.37. The number of pyridine rings is 1. The third kappa shape index (κ3) is 1.69. The van der Waals surface area contributed by atoms with Crippen LogP contribution in [0.4, 0.5) is 5.69 Å². The minimum Gasteiger partial charge on any atom is -0.396 e. The Morgan fingerprint density at radius 2 is 2.00 bits per heavy atom. The maximum atomic E-state index is 6.16. The Kier molecular flexibility index (Phi) is 2.79. The zero-order chi connectivity index (χ0) is 11.2.